The highest BCUT2D eigenvalue weighted by Crippen LogP contribution is 2.52. The van der Waals surface area contributed by atoms with Crippen LogP contribution in [0.15, 0.2) is 18.2 Å². The molecule has 2 aromatic carbocycles. The monoisotopic (exact) mass is 895 g/mol. The highest BCUT2D eigenvalue weighted by molar-refractivity contribution is 6.31. The first-order valence-corrected chi connectivity index (χ1v) is 21.5. The van der Waals surface area contributed by atoms with Crippen LogP contribution in [0.2, 0.25) is 0 Å². The van der Waals surface area contributed by atoms with Gasteiger partial charge in [-0.15, -0.1) is 0 Å². The molecular weight excluding hydrogens is 835 g/mol. The third kappa shape index (κ3) is 10.2. The number of rotatable bonds is 16. The van der Waals surface area contributed by atoms with Gasteiger partial charge in [-0.3, -0.25) is 33.6 Å². The van der Waals surface area contributed by atoms with Gasteiger partial charge in [-0.05, 0) is 58.4 Å². The first-order chi connectivity index (χ1) is 29.9. The van der Waals surface area contributed by atoms with Crippen molar-refractivity contribution in [1.82, 2.24) is 21.3 Å². The van der Waals surface area contributed by atoms with Crippen molar-refractivity contribution in [2.45, 2.75) is 148 Å². The lowest BCUT2D eigenvalue weighted by Crippen LogP contribution is -2.60. The van der Waals surface area contributed by atoms with E-state index in [4.69, 9.17) is 19.9 Å². The summed E-state index contributed by atoms with van der Waals surface area (Å²) in [5.41, 5.74) is 1.90. The number of phenolic OH excluding ortho intramolecular Hbond substituents is 2. The van der Waals surface area contributed by atoms with Crippen molar-refractivity contribution in [3.05, 3.63) is 51.6 Å². The van der Waals surface area contributed by atoms with E-state index in [1.807, 2.05) is 27.7 Å². The molecule has 19 nitrogen and oxygen atoms in total. The summed E-state index contributed by atoms with van der Waals surface area (Å²) in [5.74, 6) is -6.35. The number of carbonyl (C=O) groups is 7. The zero-order chi connectivity index (χ0) is 47.7. The van der Waals surface area contributed by atoms with Crippen LogP contribution in [0.25, 0.3) is 0 Å². The largest absolute Gasteiger partial charge is 0.507 e. The number of aliphatic hydroxyl groups excluding tert-OH is 1. The molecule has 3 aliphatic rings. The Labute approximate surface area is 371 Å². The maximum absolute atomic E-state index is 14.0. The summed E-state index contributed by atoms with van der Waals surface area (Å²) < 4.78 is 17.7. The van der Waals surface area contributed by atoms with Gasteiger partial charge in [0.05, 0.1) is 48.1 Å². The fourth-order valence-electron chi connectivity index (χ4n) is 8.44. The number of hydrogen-bond donors (Lipinski definition) is 9. The number of fused-ring (bicyclic) bond motifs is 3. The lowest BCUT2D eigenvalue weighted by Gasteiger charge is -2.43. The topological polar surface area (TPSA) is 302 Å². The summed E-state index contributed by atoms with van der Waals surface area (Å²) in [5, 5.41) is 57.1. The average Bonchev–Trinajstić information content (AvgIpc) is 3.21. The fraction of sp³-hybridized carbons (Fsp3) is 0.578. The number of Topliss-reactive ketones (excluding diaryl/α,β-unsaturated/α-hetero) is 1. The highest BCUT2D eigenvalue weighted by atomic mass is 16.7. The molecule has 1 fully saturated rings. The predicted octanol–water partition coefficient (Wildman–Crippen LogP) is 1.10. The Kier molecular flexibility index (Phi) is 15.3. The van der Waals surface area contributed by atoms with Crippen LogP contribution in [0.4, 0.5) is 0 Å². The Morgan fingerprint density at radius 3 is 2.03 bits per heavy atom. The zero-order valence-electron chi connectivity index (χ0n) is 37.6. The molecule has 0 saturated carbocycles. The van der Waals surface area contributed by atoms with Crippen LogP contribution >= 0.6 is 0 Å². The van der Waals surface area contributed by atoms with Crippen molar-refractivity contribution in [3.8, 4) is 17.2 Å². The lowest BCUT2D eigenvalue weighted by molar-refractivity contribution is -0.249. The smallest absolute Gasteiger partial charge is 0.243 e. The van der Waals surface area contributed by atoms with Crippen LogP contribution in [-0.2, 0) is 39.9 Å². The number of methoxy groups -OCH3 is 1. The Bertz CT molecular complexity index is 2190. The summed E-state index contributed by atoms with van der Waals surface area (Å²) in [4.78, 5) is 93.8. The molecule has 350 valence electrons. The number of nitrogens with one attached hydrogen (secondary N) is 4. The molecule has 4 amide bonds. The minimum absolute atomic E-state index is 0.00939. The second-order valence-corrected chi connectivity index (χ2v) is 18.0. The molecular formula is C45H61N5O14. The van der Waals surface area contributed by atoms with Crippen molar-refractivity contribution < 1.29 is 68.2 Å². The van der Waals surface area contributed by atoms with Gasteiger partial charge in [-0.2, -0.15) is 0 Å². The Hall–Kier alpha value is -5.47. The third-order valence-electron chi connectivity index (χ3n) is 11.9. The number of ketones is 3. The van der Waals surface area contributed by atoms with E-state index in [0.717, 1.165) is 6.92 Å². The number of hydrogen-bond acceptors (Lipinski definition) is 15. The molecule has 2 aromatic rings. The normalized spacial score (nSPS) is 24.6. The SMILES string of the molecule is COc1cccc2c1C(=O)c1c(O)c3c(c(O)c1C2=O)C[C@@](O)(C(C)=O)C[C@@H]3OC1CC(NC(=O)[C@H](CC(C)C)NC(=O)[C@H](C)NC(=O)[C@H](CC(C)C)NC(=O)[C@H](C)N)C(O)C(C)O1. The molecule has 0 radical (unpaired) electrons. The Balaban J connectivity index is 1.38. The summed E-state index contributed by atoms with van der Waals surface area (Å²) in [6.45, 7) is 12.9. The highest BCUT2D eigenvalue weighted by Gasteiger charge is 2.50. The van der Waals surface area contributed by atoms with Gasteiger partial charge in [-0.1, -0.05) is 39.8 Å². The van der Waals surface area contributed by atoms with E-state index in [-0.39, 0.29) is 59.1 Å². The van der Waals surface area contributed by atoms with E-state index >= 15 is 0 Å². The van der Waals surface area contributed by atoms with E-state index in [0.29, 0.717) is 0 Å². The average molecular weight is 896 g/mol. The first kappa shape index (κ1) is 49.5. The summed E-state index contributed by atoms with van der Waals surface area (Å²) in [7, 11) is 1.31. The molecule has 1 aliphatic heterocycles. The maximum Gasteiger partial charge on any atom is 0.243 e. The molecule has 2 aliphatic carbocycles. The van der Waals surface area contributed by atoms with Crippen LogP contribution < -0.4 is 31.7 Å². The van der Waals surface area contributed by atoms with Crippen LogP contribution in [-0.4, -0.2) is 123 Å². The van der Waals surface area contributed by atoms with Crippen molar-refractivity contribution >= 4 is 41.0 Å². The standard InChI is InChI=1S/C45H61N5O14/c1-18(2)13-27(49-41(57)20(5)46)43(59)47-21(6)42(58)50-28(14-19(3)4)44(60)48-26-15-31(63-22(7)36(26)52)64-30-17-45(61,23(8)51)16-25-33(30)40(56)35-34(38(25)54)37(53)24-11-10-12-29(62-9)32(24)39(35)55/h10-12,18-22,26-28,30-31,36,52,54,56,61H,13-17,46H2,1-9H3,(H,47,59)(H,48,60)(H,49,57)(H,50,58)/t20-,21-,22?,26?,27-,28-,30-,31?,36?,45-/m0/s1. The van der Waals surface area contributed by atoms with Gasteiger partial charge in [0.25, 0.3) is 0 Å². The van der Waals surface area contributed by atoms with Crippen molar-refractivity contribution in [2.24, 2.45) is 17.6 Å². The second-order valence-electron chi connectivity index (χ2n) is 18.0. The number of aliphatic hydroxyl groups is 2. The number of benzene rings is 2. The lowest BCUT2D eigenvalue weighted by atomic mass is 9.72. The van der Waals surface area contributed by atoms with Gasteiger partial charge < -0.3 is 61.6 Å². The summed E-state index contributed by atoms with van der Waals surface area (Å²) in [6.07, 6.45) is -5.89. The van der Waals surface area contributed by atoms with E-state index in [9.17, 15) is 54.0 Å². The molecule has 1 heterocycles. The quantitative estimate of drug-likeness (QED) is 0.0910. The Morgan fingerprint density at radius 2 is 1.45 bits per heavy atom. The number of nitrogens with two attached hydrogens (primary N) is 1. The number of phenols is 2. The molecule has 4 unspecified atom stereocenters. The van der Waals surface area contributed by atoms with Crippen molar-refractivity contribution in [3.63, 3.8) is 0 Å². The molecule has 5 rings (SSSR count). The van der Waals surface area contributed by atoms with Crippen molar-refractivity contribution in [1.29, 1.82) is 0 Å². The molecule has 10 atom stereocenters. The van der Waals surface area contributed by atoms with Crippen LogP contribution in [0, 0.1) is 11.8 Å². The maximum atomic E-state index is 14.0. The van der Waals surface area contributed by atoms with Gasteiger partial charge in [-0.25, -0.2) is 0 Å². The number of amides is 4. The van der Waals surface area contributed by atoms with Gasteiger partial charge >= 0.3 is 0 Å². The van der Waals surface area contributed by atoms with Gasteiger partial charge in [0.2, 0.25) is 29.4 Å². The van der Waals surface area contributed by atoms with Crippen molar-refractivity contribution in [2.75, 3.05) is 7.11 Å². The van der Waals surface area contributed by atoms with E-state index in [1.165, 1.54) is 46.1 Å². The summed E-state index contributed by atoms with van der Waals surface area (Å²) in [6, 6.07) is -0.868. The van der Waals surface area contributed by atoms with E-state index in [1.54, 1.807) is 0 Å². The van der Waals surface area contributed by atoms with Crippen LogP contribution in [0.3, 0.4) is 0 Å². The third-order valence-corrected chi connectivity index (χ3v) is 11.9. The number of ether oxygens (including phenoxy) is 3. The molecule has 19 heteroatoms. The van der Waals surface area contributed by atoms with Gasteiger partial charge in [0.1, 0.15) is 47.1 Å². The van der Waals surface area contributed by atoms with Gasteiger partial charge in [0, 0.05) is 36.0 Å². The van der Waals surface area contributed by atoms with Gasteiger partial charge in [0.15, 0.2) is 17.9 Å². The molecule has 10 N–H and O–H groups in total. The van der Waals surface area contributed by atoms with Crippen LogP contribution in [0.1, 0.15) is 130 Å². The molecule has 1 saturated heterocycles. The first-order valence-electron chi connectivity index (χ1n) is 21.5. The minimum Gasteiger partial charge on any atom is -0.507 e. The summed E-state index contributed by atoms with van der Waals surface area (Å²) >= 11 is 0. The van der Waals surface area contributed by atoms with E-state index in [2.05, 4.69) is 21.3 Å². The molecule has 0 bridgehead atoms. The predicted molar refractivity (Wildman–Crippen MR) is 228 cm³/mol. The molecule has 0 aromatic heterocycles. The fourth-order valence-corrected chi connectivity index (χ4v) is 8.44. The minimum atomic E-state index is -2.17. The second kappa shape index (κ2) is 19.7. The van der Waals surface area contributed by atoms with Crippen LogP contribution in [0.5, 0.6) is 17.2 Å². The Morgan fingerprint density at radius 1 is 0.859 bits per heavy atom. The molecule has 64 heavy (non-hydrogen) atoms. The molecule has 0 spiro atoms. The number of carbonyl (C=O) groups excluding carboxylic acids is 7. The van der Waals surface area contributed by atoms with E-state index < -0.39 is 137 Å². The number of aromatic hydroxyl groups is 2. The zero-order valence-corrected chi connectivity index (χ0v) is 37.6.